The average Bonchev–Trinajstić information content (AvgIpc) is 2.56. The van der Waals surface area contributed by atoms with Gasteiger partial charge in [-0.05, 0) is 43.3 Å². The number of carbonyl (C=O) groups is 1. The molecular weight excluding hydrogens is 399 g/mol. The highest BCUT2D eigenvalue weighted by molar-refractivity contribution is 7.89. The minimum absolute atomic E-state index is 0.101. The Hall–Kier alpha value is -2.20. The van der Waals surface area contributed by atoms with Crippen molar-refractivity contribution in [3.8, 4) is 5.75 Å². The molecule has 146 valence electrons. The molecular formula is C17H18ClFN2O5S. The molecule has 2 rings (SSSR count). The minimum atomic E-state index is -4.22. The van der Waals surface area contributed by atoms with Gasteiger partial charge in [0, 0.05) is 17.7 Å². The molecule has 0 aliphatic heterocycles. The summed E-state index contributed by atoms with van der Waals surface area (Å²) in [6.07, 6.45) is -0.293. The van der Waals surface area contributed by atoms with Crippen LogP contribution >= 0.6 is 11.6 Å². The SMILES string of the molecule is COCC(C)Oc1ccc(Cl)cc1NC(=O)c1ccc(S(N)(=O)=O)c(F)c1. The molecule has 27 heavy (non-hydrogen) atoms. The van der Waals surface area contributed by atoms with Crippen molar-refractivity contribution >= 4 is 33.2 Å². The highest BCUT2D eigenvalue weighted by atomic mass is 35.5. The van der Waals surface area contributed by atoms with Crippen LogP contribution in [0.15, 0.2) is 41.3 Å². The number of carbonyl (C=O) groups excluding carboxylic acids is 1. The summed E-state index contributed by atoms with van der Waals surface area (Å²) in [6.45, 7) is 2.11. The van der Waals surface area contributed by atoms with Crippen molar-refractivity contribution in [2.75, 3.05) is 19.0 Å². The Balaban J connectivity index is 2.27. The summed E-state index contributed by atoms with van der Waals surface area (Å²) in [6, 6.07) is 7.50. The molecule has 10 heteroatoms. The third kappa shape index (κ3) is 5.64. The predicted octanol–water partition coefficient (Wildman–Crippen LogP) is 2.79. The molecule has 0 aromatic heterocycles. The number of nitrogens with one attached hydrogen (secondary N) is 1. The summed E-state index contributed by atoms with van der Waals surface area (Å²) >= 11 is 5.97. The van der Waals surface area contributed by atoms with Crippen molar-refractivity contribution < 1.29 is 27.1 Å². The highest BCUT2D eigenvalue weighted by Gasteiger charge is 2.18. The van der Waals surface area contributed by atoms with Gasteiger partial charge in [0.15, 0.2) is 0 Å². The molecule has 1 unspecified atom stereocenters. The lowest BCUT2D eigenvalue weighted by molar-refractivity contribution is 0.0921. The van der Waals surface area contributed by atoms with E-state index in [4.69, 9.17) is 26.2 Å². The van der Waals surface area contributed by atoms with Gasteiger partial charge in [-0.3, -0.25) is 4.79 Å². The van der Waals surface area contributed by atoms with Crippen LogP contribution in [-0.4, -0.2) is 34.1 Å². The van der Waals surface area contributed by atoms with Crippen molar-refractivity contribution in [2.45, 2.75) is 17.9 Å². The van der Waals surface area contributed by atoms with Crippen molar-refractivity contribution in [1.82, 2.24) is 0 Å². The molecule has 0 radical (unpaired) electrons. The molecule has 0 aliphatic carbocycles. The molecule has 0 spiro atoms. The Morgan fingerprint density at radius 2 is 2.00 bits per heavy atom. The van der Waals surface area contributed by atoms with Gasteiger partial charge >= 0.3 is 0 Å². The lowest BCUT2D eigenvalue weighted by Crippen LogP contribution is -2.20. The molecule has 0 bridgehead atoms. The number of halogens is 2. The van der Waals surface area contributed by atoms with Crippen LogP contribution in [0.2, 0.25) is 5.02 Å². The Kier molecular flexibility index (Phi) is 6.77. The van der Waals surface area contributed by atoms with Gasteiger partial charge in [-0.2, -0.15) is 0 Å². The van der Waals surface area contributed by atoms with E-state index < -0.39 is 26.6 Å². The van der Waals surface area contributed by atoms with E-state index in [1.807, 2.05) is 0 Å². The fourth-order valence-corrected chi connectivity index (χ4v) is 3.02. The van der Waals surface area contributed by atoms with E-state index in [2.05, 4.69) is 5.32 Å². The van der Waals surface area contributed by atoms with Gasteiger partial charge in [0.25, 0.3) is 5.91 Å². The maximum atomic E-state index is 13.9. The molecule has 0 saturated heterocycles. The second-order valence-corrected chi connectivity index (χ2v) is 7.63. The number of methoxy groups -OCH3 is 1. The highest BCUT2D eigenvalue weighted by Crippen LogP contribution is 2.29. The summed E-state index contributed by atoms with van der Waals surface area (Å²) in [5.74, 6) is -1.46. The Bertz CT molecular complexity index is 952. The largest absolute Gasteiger partial charge is 0.486 e. The van der Waals surface area contributed by atoms with E-state index in [-0.39, 0.29) is 17.4 Å². The van der Waals surface area contributed by atoms with Crippen molar-refractivity contribution in [1.29, 1.82) is 0 Å². The molecule has 7 nitrogen and oxygen atoms in total. The molecule has 0 heterocycles. The van der Waals surface area contributed by atoms with Crippen LogP contribution in [-0.2, 0) is 14.8 Å². The van der Waals surface area contributed by atoms with Gasteiger partial charge in [0.2, 0.25) is 10.0 Å². The van der Waals surface area contributed by atoms with Crippen molar-refractivity contribution in [3.05, 3.63) is 52.8 Å². The van der Waals surface area contributed by atoms with Crippen LogP contribution in [0.4, 0.5) is 10.1 Å². The van der Waals surface area contributed by atoms with Crippen LogP contribution in [0.1, 0.15) is 17.3 Å². The summed E-state index contributed by atoms with van der Waals surface area (Å²) < 4.78 is 47.2. The topological polar surface area (TPSA) is 108 Å². The molecule has 1 amide bonds. The standard InChI is InChI=1S/C17H18ClFN2O5S/c1-10(9-25-2)26-15-5-4-12(18)8-14(15)21-17(22)11-3-6-16(13(19)7-11)27(20,23)24/h3-8,10H,9H2,1-2H3,(H,21,22)(H2,20,23,24). The molecule has 1 atom stereocenters. The van der Waals surface area contributed by atoms with Gasteiger partial charge in [-0.15, -0.1) is 0 Å². The van der Waals surface area contributed by atoms with Gasteiger partial charge < -0.3 is 14.8 Å². The van der Waals surface area contributed by atoms with Crippen molar-refractivity contribution in [3.63, 3.8) is 0 Å². The zero-order chi connectivity index (χ0) is 20.2. The van der Waals surface area contributed by atoms with Crippen LogP contribution in [0.3, 0.4) is 0 Å². The van der Waals surface area contributed by atoms with Gasteiger partial charge in [0.1, 0.15) is 22.6 Å². The Morgan fingerprint density at radius 3 is 2.59 bits per heavy atom. The average molecular weight is 417 g/mol. The number of rotatable bonds is 7. The first kappa shape index (κ1) is 21.1. The number of benzene rings is 2. The normalized spacial score (nSPS) is 12.5. The van der Waals surface area contributed by atoms with E-state index in [1.165, 1.54) is 13.2 Å². The van der Waals surface area contributed by atoms with Crippen LogP contribution in [0, 0.1) is 5.82 Å². The second-order valence-electron chi connectivity index (χ2n) is 5.67. The molecule has 0 aliphatic rings. The van der Waals surface area contributed by atoms with E-state index in [0.29, 0.717) is 17.4 Å². The van der Waals surface area contributed by atoms with E-state index in [9.17, 15) is 17.6 Å². The lowest BCUT2D eigenvalue weighted by atomic mass is 10.2. The number of anilines is 1. The number of hydrogen-bond donors (Lipinski definition) is 2. The summed E-state index contributed by atoms with van der Waals surface area (Å²) in [5, 5.41) is 7.82. The molecule has 0 fully saturated rings. The number of ether oxygens (including phenoxy) is 2. The van der Waals surface area contributed by atoms with Crippen LogP contribution < -0.4 is 15.2 Å². The quantitative estimate of drug-likeness (QED) is 0.721. The second kappa shape index (κ2) is 8.66. The first-order chi connectivity index (χ1) is 12.6. The predicted molar refractivity (Wildman–Crippen MR) is 99.1 cm³/mol. The van der Waals surface area contributed by atoms with Gasteiger partial charge in [-0.25, -0.2) is 17.9 Å². The fraction of sp³-hybridized carbons (Fsp3) is 0.235. The summed E-state index contributed by atoms with van der Waals surface area (Å²) in [4.78, 5) is 11.7. The molecule has 2 aromatic rings. The number of sulfonamides is 1. The lowest BCUT2D eigenvalue weighted by Gasteiger charge is -2.17. The van der Waals surface area contributed by atoms with E-state index in [1.54, 1.807) is 19.1 Å². The van der Waals surface area contributed by atoms with E-state index >= 15 is 0 Å². The Morgan fingerprint density at radius 1 is 1.30 bits per heavy atom. The molecule has 0 saturated carbocycles. The number of hydrogen-bond acceptors (Lipinski definition) is 5. The fourth-order valence-electron chi connectivity index (χ4n) is 2.26. The maximum Gasteiger partial charge on any atom is 0.255 e. The first-order valence-electron chi connectivity index (χ1n) is 7.70. The van der Waals surface area contributed by atoms with Gasteiger partial charge in [0.05, 0.1) is 12.3 Å². The van der Waals surface area contributed by atoms with Crippen LogP contribution in [0.5, 0.6) is 5.75 Å². The zero-order valence-corrected chi connectivity index (χ0v) is 16.1. The van der Waals surface area contributed by atoms with Crippen LogP contribution in [0.25, 0.3) is 0 Å². The number of nitrogens with two attached hydrogens (primary N) is 1. The van der Waals surface area contributed by atoms with Crippen molar-refractivity contribution in [2.24, 2.45) is 5.14 Å². The third-order valence-corrected chi connectivity index (χ3v) is 4.60. The third-order valence-electron chi connectivity index (χ3n) is 3.42. The monoisotopic (exact) mass is 416 g/mol. The Labute approximate surface area is 161 Å². The zero-order valence-electron chi connectivity index (χ0n) is 14.5. The minimum Gasteiger partial charge on any atom is -0.486 e. The number of primary sulfonamides is 1. The van der Waals surface area contributed by atoms with E-state index in [0.717, 1.165) is 18.2 Å². The number of amides is 1. The molecule has 2 aromatic carbocycles. The summed E-state index contributed by atoms with van der Waals surface area (Å²) in [5.41, 5.74) is 0.169. The first-order valence-corrected chi connectivity index (χ1v) is 9.63. The smallest absolute Gasteiger partial charge is 0.255 e. The molecule has 3 N–H and O–H groups in total. The van der Waals surface area contributed by atoms with Gasteiger partial charge in [-0.1, -0.05) is 11.6 Å². The summed E-state index contributed by atoms with van der Waals surface area (Å²) in [7, 11) is -2.69. The maximum absolute atomic E-state index is 13.9.